The van der Waals surface area contributed by atoms with Gasteiger partial charge in [0, 0.05) is 0 Å². The van der Waals surface area contributed by atoms with Gasteiger partial charge in [-0.2, -0.15) is 0 Å². The number of carboxylic acids is 4. The second-order valence-corrected chi connectivity index (χ2v) is 5.05. The van der Waals surface area contributed by atoms with Crippen molar-refractivity contribution < 1.29 is 58.6 Å². The lowest BCUT2D eigenvalue weighted by Crippen LogP contribution is -2.43. The zero-order chi connectivity index (χ0) is 19.3. The van der Waals surface area contributed by atoms with Crippen molar-refractivity contribution in [2.24, 2.45) is 5.41 Å². The monoisotopic (exact) mass is 368 g/mol. The van der Waals surface area contributed by atoms with Gasteiger partial charge in [0.05, 0.1) is 31.8 Å². The van der Waals surface area contributed by atoms with Gasteiger partial charge in [-0.1, -0.05) is 0 Å². The third kappa shape index (κ3) is 12.8. The predicted molar refractivity (Wildman–Crippen MR) is 76.3 cm³/mol. The van der Waals surface area contributed by atoms with Gasteiger partial charge < -0.3 is 39.4 Å². The second kappa shape index (κ2) is 12.1. The molecule has 144 valence electrons. The minimum absolute atomic E-state index is 0.349. The van der Waals surface area contributed by atoms with Gasteiger partial charge in [0.1, 0.15) is 26.4 Å². The molecule has 0 spiro atoms. The van der Waals surface area contributed by atoms with Crippen LogP contribution in [0.25, 0.3) is 0 Å². The number of hydrogen-bond acceptors (Lipinski definition) is 8. The van der Waals surface area contributed by atoms with Crippen LogP contribution in [0.5, 0.6) is 0 Å². The van der Waals surface area contributed by atoms with Crippen molar-refractivity contribution in [2.45, 2.75) is 0 Å². The Labute approximate surface area is 141 Å². The smallest absolute Gasteiger partial charge is 0.329 e. The molecule has 0 rings (SSSR count). The quantitative estimate of drug-likeness (QED) is 0.244. The van der Waals surface area contributed by atoms with E-state index in [1.807, 2.05) is 0 Å². The van der Waals surface area contributed by atoms with Crippen LogP contribution < -0.4 is 0 Å². The van der Waals surface area contributed by atoms with E-state index >= 15 is 0 Å². The van der Waals surface area contributed by atoms with E-state index in [0.717, 1.165) is 0 Å². The van der Waals surface area contributed by atoms with Crippen molar-refractivity contribution in [2.75, 3.05) is 52.9 Å². The van der Waals surface area contributed by atoms with Crippen molar-refractivity contribution in [1.82, 2.24) is 0 Å². The Morgan fingerprint density at radius 2 is 0.720 bits per heavy atom. The first-order chi connectivity index (χ1) is 11.7. The Hall–Kier alpha value is -2.28. The van der Waals surface area contributed by atoms with E-state index in [2.05, 4.69) is 0 Å². The van der Waals surface area contributed by atoms with Crippen molar-refractivity contribution in [3.05, 3.63) is 0 Å². The van der Waals surface area contributed by atoms with Gasteiger partial charge >= 0.3 is 23.9 Å². The molecule has 0 fully saturated rings. The second-order valence-electron chi connectivity index (χ2n) is 5.05. The Kier molecular flexibility index (Phi) is 11.0. The molecule has 0 unspecified atom stereocenters. The molecule has 12 nitrogen and oxygen atoms in total. The van der Waals surface area contributed by atoms with Gasteiger partial charge in [-0.3, -0.25) is 0 Å². The largest absolute Gasteiger partial charge is 0.480 e. The number of carboxylic acid groups (broad SMARTS) is 4. The average molecular weight is 368 g/mol. The standard InChI is InChI=1S/C13H20O12/c14-9(15)1-22-5-13(6-23-2-10(16)17,7-24-3-11(18)19)8-25-4-12(20)21/h1-8H2,(H,14,15)(H,16,17)(H,18,19)(H,20,21). The molecule has 0 aromatic rings. The van der Waals surface area contributed by atoms with Gasteiger partial charge in [-0.15, -0.1) is 0 Å². The molecule has 0 amide bonds. The Bertz CT molecular complexity index is 374. The minimum Gasteiger partial charge on any atom is -0.480 e. The van der Waals surface area contributed by atoms with E-state index in [9.17, 15) is 19.2 Å². The maximum absolute atomic E-state index is 10.5. The summed E-state index contributed by atoms with van der Waals surface area (Å²) in [7, 11) is 0. The number of aliphatic carboxylic acids is 4. The molecule has 0 saturated carbocycles. The summed E-state index contributed by atoms with van der Waals surface area (Å²) in [5.74, 6) is -5.06. The average Bonchev–Trinajstić information content (AvgIpc) is 2.45. The van der Waals surface area contributed by atoms with E-state index in [0.29, 0.717) is 0 Å². The molecular formula is C13H20O12. The molecule has 0 aliphatic rings. The molecule has 0 atom stereocenters. The van der Waals surface area contributed by atoms with E-state index in [1.165, 1.54) is 0 Å². The predicted octanol–water partition coefficient (Wildman–Crippen LogP) is -1.62. The van der Waals surface area contributed by atoms with Gasteiger partial charge in [0.2, 0.25) is 0 Å². The highest BCUT2D eigenvalue weighted by Crippen LogP contribution is 2.21. The molecule has 0 aromatic carbocycles. The highest BCUT2D eigenvalue weighted by Gasteiger charge is 2.33. The van der Waals surface area contributed by atoms with E-state index in [4.69, 9.17) is 39.4 Å². The molecule has 0 heterocycles. The van der Waals surface area contributed by atoms with Crippen LogP contribution in [0.1, 0.15) is 0 Å². The summed E-state index contributed by atoms with van der Waals surface area (Å²) in [5.41, 5.74) is -1.30. The Balaban J connectivity index is 4.96. The van der Waals surface area contributed by atoms with Crippen molar-refractivity contribution >= 4 is 23.9 Å². The summed E-state index contributed by atoms with van der Waals surface area (Å²) in [6.07, 6.45) is 0. The lowest BCUT2D eigenvalue weighted by molar-refractivity contribution is -0.158. The summed E-state index contributed by atoms with van der Waals surface area (Å²) >= 11 is 0. The third-order valence-electron chi connectivity index (χ3n) is 2.54. The topological polar surface area (TPSA) is 186 Å². The zero-order valence-electron chi connectivity index (χ0n) is 13.2. The fourth-order valence-electron chi connectivity index (χ4n) is 1.67. The highest BCUT2D eigenvalue weighted by molar-refractivity contribution is 5.68. The van der Waals surface area contributed by atoms with E-state index in [-0.39, 0.29) is 26.4 Å². The lowest BCUT2D eigenvalue weighted by atomic mass is 9.92. The van der Waals surface area contributed by atoms with Gasteiger partial charge in [-0.25, -0.2) is 19.2 Å². The Morgan fingerprint density at radius 1 is 0.520 bits per heavy atom. The molecule has 4 N–H and O–H groups in total. The van der Waals surface area contributed by atoms with Crippen LogP contribution in [-0.2, 0) is 38.1 Å². The van der Waals surface area contributed by atoms with Gasteiger partial charge in [0.15, 0.2) is 0 Å². The fraction of sp³-hybridized carbons (Fsp3) is 0.692. The normalized spacial score (nSPS) is 11.2. The molecule has 0 bridgehead atoms. The summed E-state index contributed by atoms with van der Waals surface area (Å²) < 4.78 is 19.8. The molecule has 0 aliphatic carbocycles. The SMILES string of the molecule is O=C(O)COCC(COCC(=O)O)(COCC(=O)O)COCC(=O)O. The first-order valence-electron chi connectivity index (χ1n) is 6.85. The molecule has 12 heteroatoms. The summed E-state index contributed by atoms with van der Waals surface area (Å²) in [6, 6.07) is 0. The Morgan fingerprint density at radius 3 is 0.880 bits per heavy atom. The van der Waals surface area contributed by atoms with Crippen LogP contribution in [0.2, 0.25) is 0 Å². The first-order valence-corrected chi connectivity index (χ1v) is 6.85. The summed E-state index contributed by atoms with van der Waals surface area (Å²) in [6.45, 7) is -4.12. The summed E-state index contributed by atoms with van der Waals surface area (Å²) in [4.78, 5) is 42.2. The van der Waals surface area contributed by atoms with Gasteiger partial charge in [-0.05, 0) is 0 Å². The molecule has 0 saturated heterocycles. The molecule has 0 aliphatic heterocycles. The van der Waals surface area contributed by atoms with E-state index in [1.54, 1.807) is 0 Å². The van der Waals surface area contributed by atoms with Crippen molar-refractivity contribution in [3.63, 3.8) is 0 Å². The highest BCUT2D eigenvalue weighted by atomic mass is 16.5. The van der Waals surface area contributed by atoms with Crippen LogP contribution in [0.4, 0.5) is 0 Å². The molecule has 0 radical (unpaired) electrons. The fourth-order valence-corrected chi connectivity index (χ4v) is 1.67. The number of carbonyl (C=O) groups is 4. The zero-order valence-corrected chi connectivity index (χ0v) is 13.2. The van der Waals surface area contributed by atoms with Crippen molar-refractivity contribution in [1.29, 1.82) is 0 Å². The number of rotatable bonds is 16. The molecule has 25 heavy (non-hydrogen) atoms. The van der Waals surface area contributed by atoms with E-state index < -0.39 is 55.7 Å². The van der Waals surface area contributed by atoms with Crippen LogP contribution in [0, 0.1) is 5.41 Å². The van der Waals surface area contributed by atoms with Crippen LogP contribution in [0.3, 0.4) is 0 Å². The maximum atomic E-state index is 10.5. The number of hydrogen-bond donors (Lipinski definition) is 4. The molecular weight excluding hydrogens is 348 g/mol. The lowest BCUT2D eigenvalue weighted by Gasteiger charge is -2.32. The van der Waals surface area contributed by atoms with Crippen LogP contribution in [-0.4, -0.2) is 97.2 Å². The molecule has 0 aromatic heterocycles. The first kappa shape index (κ1) is 22.7. The van der Waals surface area contributed by atoms with Crippen molar-refractivity contribution in [3.8, 4) is 0 Å². The summed E-state index contributed by atoms with van der Waals surface area (Å²) in [5, 5.41) is 34.4. The van der Waals surface area contributed by atoms with Crippen LogP contribution >= 0.6 is 0 Å². The maximum Gasteiger partial charge on any atom is 0.329 e. The van der Waals surface area contributed by atoms with Crippen LogP contribution in [0.15, 0.2) is 0 Å². The minimum atomic E-state index is -1.30. The number of ether oxygens (including phenoxy) is 4. The van der Waals surface area contributed by atoms with Gasteiger partial charge in [0.25, 0.3) is 0 Å². The third-order valence-corrected chi connectivity index (χ3v) is 2.54.